The maximum Gasteiger partial charge on any atom is 0.410 e. The molecule has 2 atom stereocenters. The second kappa shape index (κ2) is 14.5. The van der Waals surface area contributed by atoms with Gasteiger partial charge in [0.2, 0.25) is 5.91 Å². The van der Waals surface area contributed by atoms with E-state index >= 15 is 4.39 Å². The van der Waals surface area contributed by atoms with Crippen LogP contribution in [0.15, 0.2) is 89.8 Å². The summed E-state index contributed by atoms with van der Waals surface area (Å²) in [5.74, 6) is -0.341. The van der Waals surface area contributed by atoms with Gasteiger partial charge in [-0.3, -0.25) is 9.69 Å². The standard InChI is InChI=1S/C31H40FN3O3/c1-5-24(18-19-34(4)21-25-10-8-7-9-11-25)12-13-26(6-2)29-16-14-27(15-17-30(29)32)35-22-28(38-31(35)37)20-33-23(3)36/h5,7-14,16,27-28H,1,6,15,17-22H2,2-4H3,(H,33,36)/b24-12+,26-13+. The van der Waals surface area contributed by atoms with Crippen molar-refractivity contribution in [2.24, 2.45) is 0 Å². The van der Waals surface area contributed by atoms with Gasteiger partial charge in [0.1, 0.15) is 11.9 Å². The van der Waals surface area contributed by atoms with E-state index in [4.69, 9.17) is 4.74 Å². The maximum atomic E-state index is 15.2. The summed E-state index contributed by atoms with van der Waals surface area (Å²) in [7, 11) is 2.10. The number of allylic oxidation sites excluding steroid dienone is 7. The van der Waals surface area contributed by atoms with Gasteiger partial charge < -0.3 is 15.0 Å². The predicted octanol–water partition coefficient (Wildman–Crippen LogP) is 5.86. The largest absolute Gasteiger partial charge is 0.442 e. The summed E-state index contributed by atoms with van der Waals surface area (Å²) >= 11 is 0. The fourth-order valence-corrected chi connectivity index (χ4v) is 4.67. The van der Waals surface area contributed by atoms with Crippen molar-refractivity contribution in [3.63, 3.8) is 0 Å². The Balaban J connectivity index is 1.63. The van der Waals surface area contributed by atoms with Crippen LogP contribution in [0.1, 0.15) is 45.1 Å². The zero-order valence-electron chi connectivity index (χ0n) is 22.8. The first-order valence-corrected chi connectivity index (χ1v) is 13.3. The van der Waals surface area contributed by atoms with Gasteiger partial charge in [0.05, 0.1) is 19.1 Å². The Hall–Kier alpha value is -3.45. The number of rotatable bonds is 12. The molecule has 3 rings (SSSR count). The number of carbonyl (C=O) groups is 2. The van der Waals surface area contributed by atoms with Crippen LogP contribution in [-0.2, 0) is 16.1 Å². The third-order valence-corrected chi connectivity index (χ3v) is 6.88. The van der Waals surface area contributed by atoms with Crippen LogP contribution in [0, 0.1) is 0 Å². The third-order valence-electron chi connectivity index (χ3n) is 6.88. The lowest BCUT2D eigenvalue weighted by Crippen LogP contribution is -2.37. The van der Waals surface area contributed by atoms with Gasteiger partial charge in [-0.05, 0) is 43.0 Å². The summed E-state index contributed by atoms with van der Waals surface area (Å²) in [6, 6.07) is 10.1. The topological polar surface area (TPSA) is 61.9 Å². The van der Waals surface area contributed by atoms with E-state index in [1.54, 1.807) is 11.0 Å². The van der Waals surface area contributed by atoms with Gasteiger partial charge in [0, 0.05) is 32.0 Å². The zero-order chi connectivity index (χ0) is 27.5. The molecule has 0 spiro atoms. The summed E-state index contributed by atoms with van der Waals surface area (Å²) in [6.45, 7) is 9.81. The summed E-state index contributed by atoms with van der Waals surface area (Å²) in [4.78, 5) is 27.5. The van der Waals surface area contributed by atoms with Gasteiger partial charge in [-0.1, -0.05) is 74.2 Å². The van der Waals surface area contributed by atoms with Crippen LogP contribution in [-0.4, -0.2) is 60.6 Å². The monoisotopic (exact) mass is 521 g/mol. The Morgan fingerprint density at radius 2 is 2.05 bits per heavy atom. The van der Waals surface area contributed by atoms with E-state index < -0.39 is 12.2 Å². The highest BCUT2D eigenvalue weighted by Gasteiger charge is 2.35. The molecule has 1 saturated heterocycles. The summed E-state index contributed by atoms with van der Waals surface area (Å²) in [6.07, 6.45) is 11.0. The Labute approximate surface area is 226 Å². The van der Waals surface area contributed by atoms with Gasteiger partial charge in [-0.15, -0.1) is 0 Å². The molecule has 0 radical (unpaired) electrons. The molecule has 2 aliphatic rings. The first kappa shape index (κ1) is 29.1. The van der Waals surface area contributed by atoms with Crippen LogP contribution in [0.5, 0.6) is 0 Å². The number of halogens is 1. The van der Waals surface area contributed by atoms with E-state index in [1.807, 2.05) is 37.3 Å². The Morgan fingerprint density at radius 1 is 1.29 bits per heavy atom. The summed E-state index contributed by atoms with van der Waals surface area (Å²) in [5.41, 5.74) is 3.86. The lowest BCUT2D eigenvalue weighted by atomic mass is 10.00. The molecule has 1 heterocycles. The number of hydrogen-bond donors (Lipinski definition) is 1. The lowest BCUT2D eigenvalue weighted by molar-refractivity contribution is -0.119. The number of nitrogens with one attached hydrogen (secondary N) is 1. The molecule has 0 aromatic heterocycles. The van der Waals surface area contributed by atoms with Crippen LogP contribution >= 0.6 is 0 Å². The average molecular weight is 522 g/mol. The van der Waals surface area contributed by atoms with Crippen LogP contribution in [0.4, 0.5) is 9.18 Å². The molecule has 2 amide bonds. The van der Waals surface area contributed by atoms with Crippen molar-refractivity contribution in [2.45, 2.75) is 58.2 Å². The number of ether oxygens (including phenoxy) is 1. The quantitative estimate of drug-likeness (QED) is 0.350. The number of nitrogens with zero attached hydrogens (tertiary/aromatic N) is 2. The fraction of sp³-hybridized carbons (Fsp3) is 0.419. The molecule has 1 fully saturated rings. The van der Waals surface area contributed by atoms with Gasteiger partial charge in [0.15, 0.2) is 0 Å². The molecule has 0 bridgehead atoms. The molecule has 204 valence electrons. The van der Waals surface area contributed by atoms with Crippen molar-refractivity contribution >= 4 is 12.0 Å². The number of carbonyl (C=O) groups excluding carboxylic acids is 2. The molecule has 6 nitrogen and oxygen atoms in total. The summed E-state index contributed by atoms with van der Waals surface area (Å²) < 4.78 is 20.6. The highest BCUT2D eigenvalue weighted by Crippen LogP contribution is 2.30. The van der Waals surface area contributed by atoms with E-state index in [1.165, 1.54) is 12.5 Å². The number of amides is 2. The second-order valence-electron chi connectivity index (χ2n) is 9.84. The highest BCUT2D eigenvalue weighted by atomic mass is 19.1. The zero-order valence-corrected chi connectivity index (χ0v) is 22.8. The molecule has 1 aromatic carbocycles. The van der Waals surface area contributed by atoms with E-state index in [2.05, 4.69) is 48.1 Å². The third kappa shape index (κ3) is 8.55. The van der Waals surface area contributed by atoms with E-state index in [0.29, 0.717) is 25.0 Å². The van der Waals surface area contributed by atoms with E-state index in [9.17, 15) is 9.59 Å². The normalized spacial score (nSPS) is 20.6. The molecular weight excluding hydrogens is 481 g/mol. The predicted molar refractivity (Wildman–Crippen MR) is 150 cm³/mol. The van der Waals surface area contributed by atoms with Crippen molar-refractivity contribution in [1.29, 1.82) is 0 Å². The molecule has 38 heavy (non-hydrogen) atoms. The minimum Gasteiger partial charge on any atom is -0.442 e. The van der Waals surface area contributed by atoms with Crippen molar-refractivity contribution in [2.75, 3.05) is 26.7 Å². The Morgan fingerprint density at radius 3 is 2.74 bits per heavy atom. The van der Waals surface area contributed by atoms with Crippen LogP contribution in [0.2, 0.25) is 0 Å². The Bertz CT molecular complexity index is 1110. The first-order valence-electron chi connectivity index (χ1n) is 13.3. The van der Waals surface area contributed by atoms with Gasteiger partial charge in [-0.2, -0.15) is 0 Å². The second-order valence-corrected chi connectivity index (χ2v) is 9.84. The van der Waals surface area contributed by atoms with Crippen molar-refractivity contribution in [1.82, 2.24) is 15.1 Å². The molecule has 7 heteroatoms. The molecule has 1 aromatic rings. The fourth-order valence-electron chi connectivity index (χ4n) is 4.67. The highest BCUT2D eigenvalue weighted by molar-refractivity contribution is 5.73. The van der Waals surface area contributed by atoms with Crippen LogP contribution in [0.25, 0.3) is 0 Å². The number of benzene rings is 1. The molecule has 1 aliphatic carbocycles. The van der Waals surface area contributed by atoms with Crippen LogP contribution < -0.4 is 5.32 Å². The lowest BCUT2D eigenvalue weighted by Gasteiger charge is -2.21. The maximum absolute atomic E-state index is 15.2. The van der Waals surface area contributed by atoms with Crippen LogP contribution in [0.3, 0.4) is 0 Å². The van der Waals surface area contributed by atoms with Gasteiger partial charge in [-0.25, -0.2) is 9.18 Å². The molecule has 1 aliphatic heterocycles. The van der Waals surface area contributed by atoms with Gasteiger partial charge >= 0.3 is 6.09 Å². The van der Waals surface area contributed by atoms with E-state index in [-0.39, 0.29) is 30.7 Å². The average Bonchev–Trinajstić information content (AvgIpc) is 3.17. The molecular formula is C31H40FN3O3. The number of hydrogen-bond acceptors (Lipinski definition) is 4. The molecule has 2 unspecified atom stereocenters. The SMILES string of the molecule is C=C/C(=C\C=C(/CC)C1=C(F)CCC(N2CC(CNC(C)=O)OC2=O)C=C1)CCN(C)Cc1ccccc1. The number of cyclic esters (lactones) is 1. The van der Waals surface area contributed by atoms with E-state index in [0.717, 1.165) is 30.7 Å². The molecule has 0 saturated carbocycles. The van der Waals surface area contributed by atoms with Gasteiger partial charge in [0.25, 0.3) is 0 Å². The van der Waals surface area contributed by atoms with Crippen molar-refractivity contribution in [3.05, 3.63) is 95.4 Å². The Kier molecular flexibility index (Phi) is 11.1. The minimum absolute atomic E-state index is 0.170. The molecule has 1 N–H and O–H groups in total. The van der Waals surface area contributed by atoms with Crippen molar-refractivity contribution in [3.8, 4) is 0 Å². The summed E-state index contributed by atoms with van der Waals surface area (Å²) in [5, 5.41) is 2.68. The smallest absolute Gasteiger partial charge is 0.410 e. The minimum atomic E-state index is -0.430. The van der Waals surface area contributed by atoms with Crippen molar-refractivity contribution < 1.29 is 18.7 Å². The first-order chi connectivity index (χ1) is 18.3.